The van der Waals surface area contributed by atoms with Crippen LogP contribution >= 0.6 is 22.6 Å². The molecule has 19 heavy (non-hydrogen) atoms. The Kier molecular flexibility index (Phi) is 4.52. The fourth-order valence-electron chi connectivity index (χ4n) is 1.80. The van der Waals surface area contributed by atoms with E-state index >= 15 is 0 Å². The van der Waals surface area contributed by atoms with Gasteiger partial charge in [-0.3, -0.25) is 0 Å². The molecule has 0 amide bonds. The van der Waals surface area contributed by atoms with Crippen LogP contribution in [-0.2, 0) is 4.74 Å². The van der Waals surface area contributed by atoms with Gasteiger partial charge in [-0.2, -0.15) is 0 Å². The second-order valence-electron chi connectivity index (χ2n) is 3.98. The van der Waals surface area contributed by atoms with E-state index in [1.54, 1.807) is 11.6 Å². The van der Waals surface area contributed by atoms with Crippen LogP contribution in [-0.4, -0.2) is 27.6 Å². The zero-order chi connectivity index (χ0) is 13.8. The molecule has 0 fully saturated rings. The molecule has 0 aliphatic rings. The molecule has 100 valence electrons. The standard InChI is InChI=1S/C13H14IN3O2/c1-3-19-13(18)11-12(14)15-16-17(11)9(2)10-7-5-4-6-8-10/h4-9H,3H2,1-2H3/t9-/m1/s1. The van der Waals surface area contributed by atoms with Gasteiger partial charge in [-0.05, 0) is 42.0 Å². The Labute approximate surface area is 125 Å². The number of carbonyl (C=O) groups excluding carboxylic acids is 1. The molecule has 0 aliphatic carbocycles. The second kappa shape index (κ2) is 6.14. The number of rotatable bonds is 4. The van der Waals surface area contributed by atoms with Gasteiger partial charge in [0.25, 0.3) is 0 Å². The Morgan fingerprint density at radius 2 is 2.11 bits per heavy atom. The molecule has 2 rings (SSSR count). The molecular weight excluding hydrogens is 357 g/mol. The number of carbonyl (C=O) groups is 1. The van der Waals surface area contributed by atoms with Gasteiger partial charge in [0.05, 0.1) is 12.6 Å². The van der Waals surface area contributed by atoms with Crippen LogP contribution in [0.2, 0.25) is 0 Å². The number of hydrogen-bond donors (Lipinski definition) is 0. The maximum Gasteiger partial charge on any atom is 0.359 e. The van der Waals surface area contributed by atoms with Crippen LogP contribution in [0.3, 0.4) is 0 Å². The lowest BCUT2D eigenvalue weighted by Gasteiger charge is -2.14. The fourth-order valence-corrected chi connectivity index (χ4v) is 2.36. The molecule has 1 aromatic heterocycles. The van der Waals surface area contributed by atoms with E-state index in [2.05, 4.69) is 10.3 Å². The number of ether oxygens (including phenoxy) is 1. The van der Waals surface area contributed by atoms with Gasteiger partial charge in [-0.15, -0.1) is 5.10 Å². The van der Waals surface area contributed by atoms with Crippen molar-refractivity contribution in [2.75, 3.05) is 6.61 Å². The number of benzene rings is 1. The average Bonchev–Trinajstić information content (AvgIpc) is 2.81. The lowest BCUT2D eigenvalue weighted by molar-refractivity contribution is 0.0509. The smallest absolute Gasteiger partial charge is 0.359 e. The molecule has 0 aliphatic heterocycles. The summed E-state index contributed by atoms with van der Waals surface area (Å²) in [4.78, 5) is 12.0. The summed E-state index contributed by atoms with van der Waals surface area (Å²) in [5, 5.41) is 8.02. The Morgan fingerprint density at radius 3 is 2.74 bits per heavy atom. The monoisotopic (exact) mass is 371 g/mol. The number of nitrogens with zero attached hydrogens (tertiary/aromatic N) is 3. The second-order valence-corrected chi connectivity index (χ2v) is 5.00. The summed E-state index contributed by atoms with van der Waals surface area (Å²) in [6.07, 6.45) is 0. The quantitative estimate of drug-likeness (QED) is 0.613. The lowest BCUT2D eigenvalue weighted by Crippen LogP contribution is -2.18. The Balaban J connectivity index is 2.38. The normalized spacial score (nSPS) is 12.2. The fraction of sp³-hybridized carbons (Fsp3) is 0.308. The lowest BCUT2D eigenvalue weighted by atomic mass is 10.1. The van der Waals surface area contributed by atoms with Crippen molar-refractivity contribution in [3.63, 3.8) is 0 Å². The van der Waals surface area contributed by atoms with Crippen molar-refractivity contribution in [3.05, 3.63) is 45.3 Å². The van der Waals surface area contributed by atoms with E-state index in [4.69, 9.17) is 4.74 Å². The first-order chi connectivity index (χ1) is 9.15. The number of hydrogen-bond acceptors (Lipinski definition) is 4. The molecule has 0 saturated carbocycles. The molecular formula is C13H14IN3O2. The van der Waals surface area contributed by atoms with Crippen LogP contribution < -0.4 is 0 Å². The molecule has 0 N–H and O–H groups in total. The van der Waals surface area contributed by atoms with Crippen molar-refractivity contribution in [2.45, 2.75) is 19.9 Å². The van der Waals surface area contributed by atoms with Gasteiger partial charge >= 0.3 is 5.97 Å². The van der Waals surface area contributed by atoms with E-state index in [0.29, 0.717) is 16.0 Å². The van der Waals surface area contributed by atoms with Crippen LogP contribution in [0.15, 0.2) is 30.3 Å². The highest BCUT2D eigenvalue weighted by molar-refractivity contribution is 14.1. The van der Waals surface area contributed by atoms with Gasteiger partial charge in [-0.25, -0.2) is 9.48 Å². The third kappa shape index (κ3) is 2.94. The topological polar surface area (TPSA) is 57.0 Å². The summed E-state index contributed by atoms with van der Waals surface area (Å²) in [5.41, 5.74) is 1.47. The Morgan fingerprint density at radius 1 is 1.42 bits per heavy atom. The molecule has 6 heteroatoms. The largest absolute Gasteiger partial charge is 0.461 e. The van der Waals surface area contributed by atoms with Gasteiger partial charge in [-0.1, -0.05) is 35.5 Å². The van der Waals surface area contributed by atoms with E-state index in [-0.39, 0.29) is 12.0 Å². The van der Waals surface area contributed by atoms with Crippen molar-refractivity contribution in [3.8, 4) is 0 Å². The molecule has 0 spiro atoms. The minimum Gasteiger partial charge on any atom is -0.461 e. The maximum atomic E-state index is 12.0. The SMILES string of the molecule is CCOC(=O)c1c(I)nnn1[C@H](C)c1ccccc1. The molecule has 2 aromatic rings. The first kappa shape index (κ1) is 14.0. The average molecular weight is 371 g/mol. The van der Waals surface area contributed by atoms with Crippen molar-refractivity contribution >= 4 is 28.6 Å². The van der Waals surface area contributed by atoms with Gasteiger partial charge in [0.15, 0.2) is 9.39 Å². The molecule has 1 heterocycles. The first-order valence-corrected chi connectivity index (χ1v) is 7.05. The minimum atomic E-state index is -0.389. The molecule has 0 bridgehead atoms. The van der Waals surface area contributed by atoms with Crippen LogP contribution in [0.5, 0.6) is 0 Å². The molecule has 0 saturated heterocycles. The summed E-state index contributed by atoms with van der Waals surface area (Å²) in [6, 6.07) is 9.78. The minimum absolute atomic E-state index is 0.0726. The predicted molar refractivity (Wildman–Crippen MR) is 79.0 cm³/mol. The third-order valence-electron chi connectivity index (χ3n) is 2.77. The van der Waals surface area contributed by atoms with E-state index < -0.39 is 0 Å². The summed E-state index contributed by atoms with van der Waals surface area (Å²) < 4.78 is 7.21. The van der Waals surface area contributed by atoms with Gasteiger partial charge in [0.1, 0.15) is 0 Å². The molecule has 1 atom stereocenters. The molecule has 0 radical (unpaired) electrons. The van der Waals surface area contributed by atoms with Crippen LogP contribution in [0.4, 0.5) is 0 Å². The van der Waals surface area contributed by atoms with Crippen LogP contribution in [0, 0.1) is 3.70 Å². The molecule has 0 unspecified atom stereocenters. The zero-order valence-electron chi connectivity index (χ0n) is 10.7. The summed E-state index contributed by atoms with van der Waals surface area (Å²) >= 11 is 1.99. The number of esters is 1. The van der Waals surface area contributed by atoms with E-state index in [9.17, 15) is 4.79 Å². The van der Waals surface area contributed by atoms with E-state index in [1.165, 1.54) is 0 Å². The van der Waals surface area contributed by atoms with Crippen molar-refractivity contribution in [1.82, 2.24) is 15.0 Å². The summed E-state index contributed by atoms with van der Waals surface area (Å²) in [7, 11) is 0. The highest BCUT2D eigenvalue weighted by atomic mass is 127. The maximum absolute atomic E-state index is 12.0. The van der Waals surface area contributed by atoms with Crippen LogP contribution in [0.25, 0.3) is 0 Å². The van der Waals surface area contributed by atoms with E-state index in [0.717, 1.165) is 5.56 Å². The number of aromatic nitrogens is 3. The first-order valence-electron chi connectivity index (χ1n) is 5.98. The predicted octanol–water partition coefficient (Wildman–Crippen LogP) is 2.67. The van der Waals surface area contributed by atoms with Crippen molar-refractivity contribution in [2.24, 2.45) is 0 Å². The van der Waals surface area contributed by atoms with Crippen LogP contribution in [0.1, 0.15) is 35.9 Å². The summed E-state index contributed by atoms with van der Waals surface area (Å²) in [6.45, 7) is 4.09. The molecule has 5 nitrogen and oxygen atoms in total. The highest BCUT2D eigenvalue weighted by Gasteiger charge is 2.23. The van der Waals surface area contributed by atoms with Gasteiger partial charge < -0.3 is 4.74 Å². The Bertz CT molecular complexity index is 569. The molecule has 1 aromatic carbocycles. The summed E-state index contributed by atoms with van der Waals surface area (Å²) in [5.74, 6) is -0.389. The highest BCUT2D eigenvalue weighted by Crippen LogP contribution is 2.21. The third-order valence-corrected chi connectivity index (χ3v) is 3.50. The zero-order valence-corrected chi connectivity index (χ0v) is 12.9. The van der Waals surface area contributed by atoms with Crippen molar-refractivity contribution in [1.29, 1.82) is 0 Å². The van der Waals surface area contributed by atoms with E-state index in [1.807, 2.05) is 59.8 Å². The Hall–Kier alpha value is -1.44. The van der Waals surface area contributed by atoms with Crippen molar-refractivity contribution < 1.29 is 9.53 Å². The number of halogens is 1. The van der Waals surface area contributed by atoms with Gasteiger partial charge in [0.2, 0.25) is 0 Å². The van der Waals surface area contributed by atoms with Gasteiger partial charge in [0, 0.05) is 0 Å².